The van der Waals surface area contributed by atoms with E-state index in [-0.39, 0.29) is 5.56 Å². The average molecular weight is 303 g/mol. The molecule has 0 N–H and O–H groups in total. The molecule has 0 atom stereocenters. The molecule has 0 bridgehead atoms. The van der Waals surface area contributed by atoms with Crippen molar-refractivity contribution in [3.05, 3.63) is 82.3 Å². The lowest BCUT2D eigenvalue weighted by atomic mass is 10.1. The SMILES string of the molecule is Cc1cc(=O)n2c3ccccc3nc2n1CCc1ccccc1. The number of nitrogens with zero attached hydrogens (tertiary/aromatic N) is 3. The molecule has 0 unspecified atom stereocenters. The molecule has 0 saturated heterocycles. The number of hydrogen-bond donors (Lipinski definition) is 0. The zero-order valence-electron chi connectivity index (χ0n) is 12.9. The number of para-hydroxylation sites is 2. The Hall–Kier alpha value is -2.88. The molecule has 4 heteroatoms. The summed E-state index contributed by atoms with van der Waals surface area (Å²) < 4.78 is 3.82. The molecule has 0 aliphatic heterocycles. The van der Waals surface area contributed by atoms with Crippen LogP contribution in [0.4, 0.5) is 0 Å². The zero-order valence-corrected chi connectivity index (χ0v) is 12.9. The summed E-state index contributed by atoms with van der Waals surface area (Å²) in [5.74, 6) is 0.715. The van der Waals surface area contributed by atoms with Crippen molar-refractivity contribution in [3.63, 3.8) is 0 Å². The summed E-state index contributed by atoms with van der Waals surface area (Å²) in [7, 11) is 0. The summed E-state index contributed by atoms with van der Waals surface area (Å²) in [5, 5.41) is 0. The molecular formula is C19H17N3O. The van der Waals surface area contributed by atoms with Crippen LogP contribution in [-0.2, 0) is 13.0 Å². The number of fused-ring (bicyclic) bond motifs is 3. The fourth-order valence-electron chi connectivity index (χ4n) is 3.05. The molecule has 4 rings (SSSR count). The lowest BCUT2D eigenvalue weighted by Crippen LogP contribution is -2.20. The normalized spacial score (nSPS) is 11.3. The van der Waals surface area contributed by atoms with Crippen LogP contribution >= 0.6 is 0 Å². The summed E-state index contributed by atoms with van der Waals surface area (Å²) in [6.07, 6.45) is 0.906. The zero-order chi connectivity index (χ0) is 15.8. The van der Waals surface area contributed by atoms with Gasteiger partial charge in [0.1, 0.15) is 0 Å². The summed E-state index contributed by atoms with van der Waals surface area (Å²) in [6, 6.07) is 19.8. The number of aromatic nitrogens is 3. The number of aryl methyl sites for hydroxylation is 3. The van der Waals surface area contributed by atoms with Gasteiger partial charge in [0.05, 0.1) is 11.0 Å². The minimum Gasteiger partial charge on any atom is -0.315 e. The Morgan fingerprint density at radius 1 is 1.00 bits per heavy atom. The first-order valence-corrected chi connectivity index (χ1v) is 7.75. The van der Waals surface area contributed by atoms with Crippen LogP contribution in [0.1, 0.15) is 11.3 Å². The molecule has 0 aliphatic carbocycles. The van der Waals surface area contributed by atoms with Gasteiger partial charge in [-0.25, -0.2) is 9.38 Å². The summed E-state index contributed by atoms with van der Waals surface area (Å²) in [4.78, 5) is 17.1. The molecule has 0 aliphatic rings. The average Bonchev–Trinajstić information content (AvgIpc) is 2.95. The maximum atomic E-state index is 12.4. The van der Waals surface area contributed by atoms with E-state index in [2.05, 4.69) is 21.7 Å². The highest BCUT2D eigenvalue weighted by atomic mass is 16.1. The smallest absolute Gasteiger partial charge is 0.259 e. The molecule has 0 fully saturated rings. The van der Waals surface area contributed by atoms with Crippen LogP contribution in [0.5, 0.6) is 0 Å². The quantitative estimate of drug-likeness (QED) is 0.583. The third-order valence-electron chi connectivity index (χ3n) is 4.23. The van der Waals surface area contributed by atoms with Crippen molar-refractivity contribution in [2.75, 3.05) is 0 Å². The lowest BCUT2D eigenvalue weighted by molar-refractivity contribution is 0.671. The minimum atomic E-state index is -0.0258. The monoisotopic (exact) mass is 303 g/mol. The van der Waals surface area contributed by atoms with Gasteiger partial charge in [0.15, 0.2) is 0 Å². The third-order valence-corrected chi connectivity index (χ3v) is 4.23. The predicted octanol–water partition coefficient (Wildman–Crippen LogP) is 3.20. The maximum absolute atomic E-state index is 12.4. The second kappa shape index (κ2) is 5.39. The van der Waals surface area contributed by atoms with Crippen molar-refractivity contribution in [1.29, 1.82) is 0 Å². The summed E-state index contributed by atoms with van der Waals surface area (Å²) in [6.45, 7) is 2.76. The van der Waals surface area contributed by atoms with Crippen LogP contribution in [0.2, 0.25) is 0 Å². The largest absolute Gasteiger partial charge is 0.315 e. The van der Waals surface area contributed by atoms with Gasteiger partial charge in [-0.3, -0.25) is 4.79 Å². The molecule has 2 heterocycles. The fraction of sp³-hybridized carbons (Fsp3) is 0.158. The fourth-order valence-corrected chi connectivity index (χ4v) is 3.05. The van der Waals surface area contributed by atoms with Gasteiger partial charge in [0, 0.05) is 18.3 Å². The van der Waals surface area contributed by atoms with Crippen molar-refractivity contribution in [2.24, 2.45) is 0 Å². The van der Waals surface area contributed by atoms with Gasteiger partial charge >= 0.3 is 0 Å². The van der Waals surface area contributed by atoms with Gasteiger partial charge in [-0.2, -0.15) is 0 Å². The van der Waals surface area contributed by atoms with Crippen molar-refractivity contribution in [1.82, 2.24) is 14.0 Å². The Labute approximate surface area is 133 Å². The van der Waals surface area contributed by atoms with Crippen molar-refractivity contribution in [3.8, 4) is 0 Å². The third kappa shape index (κ3) is 2.32. The van der Waals surface area contributed by atoms with E-state index in [1.165, 1.54) is 5.56 Å². The Bertz CT molecular complexity index is 1040. The highest BCUT2D eigenvalue weighted by molar-refractivity contribution is 5.79. The lowest BCUT2D eigenvalue weighted by Gasteiger charge is -2.12. The van der Waals surface area contributed by atoms with Crippen molar-refractivity contribution in [2.45, 2.75) is 19.9 Å². The van der Waals surface area contributed by atoms with Gasteiger partial charge in [0.25, 0.3) is 5.56 Å². The molecule has 0 saturated carbocycles. The molecule has 4 aromatic rings. The summed E-state index contributed by atoms with van der Waals surface area (Å²) in [5.41, 5.74) is 3.90. The number of imidazole rings is 1. The highest BCUT2D eigenvalue weighted by Gasteiger charge is 2.12. The molecule has 0 spiro atoms. The van der Waals surface area contributed by atoms with Gasteiger partial charge in [-0.05, 0) is 31.0 Å². The van der Waals surface area contributed by atoms with E-state index in [0.29, 0.717) is 5.78 Å². The van der Waals surface area contributed by atoms with Gasteiger partial charge in [-0.1, -0.05) is 42.5 Å². The van der Waals surface area contributed by atoms with Crippen molar-refractivity contribution < 1.29 is 0 Å². The van der Waals surface area contributed by atoms with Crippen LogP contribution in [-0.4, -0.2) is 14.0 Å². The Morgan fingerprint density at radius 2 is 1.74 bits per heavy atom. The van der Waals surface area contributed by atoms with E-state index >= 15 is 0 Å². The van der Waals surface area contributed by atoms with E-state index < -0.39 is 0 Å². The number of benzene rings is 2. The van der Waals surface area contributed by atoms with Crippen LogP contribution in [0, 0.1) is 6.92 Å². The molecule has 114 valence electrons. The first kappa shape index (κ1) is 13.8. The highest BCUT2D eigenvalue weighted by Crippen LogP contribution is 2.16. The Morgan fingerprint density at radius 3 is 2.57 bits per heavy atom. The van der Waals surface area contributed by atoms with E-state index in [9.17, 15) is 4.79 Å². The predicted molar refractivity (Wildman–Crippen MR) is 91.8 cm³/mol. The van der Waals surface area contributed by atoms with E-state index in [1.54, 1.807) is 10.5 Å². The summed E-state index contributed by atoms with van der Waals surface area (Å²) >= 11 is 0. The van der Waals surface area contributed by atoms with Gasteiger partial charge < -0.3 is 4.57 Å². The van der Waals surface area contributed by atoms with Crippen LogP contribution in [0.3, 0.4) is 0 Å². The first-order chi connectivity index (χ1) is 11.2. The number of hydrogen-bond acceptors (Lipinski definition) is 2. The van der Waals surface area contributed by atoms with E-state index in [4.69, 9.17) is 0 Å². The standard InChI is InChI=1S/C19H17N3O/c1-14-13-18(23)22-17-10-6-5-9-16(17)20-19(22)21(14)12-11-15-7-3-2-4-8-15/h2-10,13H,11-12H2,1H3. The molecule has 23 heavy (non-hydrogen) atoms. The maximum Gasteiger partial charge on any atom is 0.259 e. The minimum absolute atomic E-state index is 0.0258. The molecule has 0 radical (unpaired) electrons. The molecule has 0 amide bonds. The first-order valence-electron chi connectivity index (χ1n) is 7.75. The second-order valence-electron chi connectivity index (χ2n) is 5.75. The molecule has 2 aromatic heterocycles. The van der Waals surface area contributed by atoms with Crippen LogP contribution in [0.15, 0.2) is 65.5 Å². The van der Waals surface area contributed by atoms with Crippen LogP contribution < -0.4 is 5.56 Å². The van der Waals surface area contributed by atoms with Crippen molar-refractivity contribution >= 4 is 16.8 Å². The number of rotatable bonds is 3. The van der Waals surface area contributed by atoms with Gasteiger partial charge in [-0.15, -0.1) is 0 Å². The Kier molecular flexibility index (Phi) is 3.23. The van der Waals surface area contributed by atoms with Crippen LogP contribution in [0.25, 0.3) is 16.8 Å². The van der Waals surface area contributed by atoms with E-state index in [0.717, 1.165) is 29.7 Å². The Balaban J connectivity index is 1.87. The molecular weight excluding hydrogens is 286 g/mol. The van der Waals surface area contributed by atoms with E-state index in [1.807, 2.05) is 49.4 Å². The topological polar surface area (TPSA) is 39.3 Å². The molecule has 4 nitrogen and oxygen atoms in total. The second-order valence-corrected chi connectivity index (χ2v) is 5.75. The van der Waals surface area contributed by atoms with Gasteiger partial charge in [0.2, 0.25) is 5.78 Å². The molecule has 2 aromatic carbocycles.